The topological polar surface area (TPSA) is 47.9 Å². The van der Waals surface area contributed by atoms with Crippen LogP contribution in [-0.2, 0) is 14.4 Å². The van der Waals surface area contributed by atoms with Gasteiger partial charge in [-0.05, 0) is 12.1 Å². The van der Waals surface area contributed by atoms with Gasteiger partial charge in [0.15, 0.2) is 0 Å². The zero-order valence-electron chi connectivity index (χ0n) is 7.09. The lowest BCUT2D eigenvalue weighted by molar-refractivity contribution is -0.141. The highest BCUT2D eigenvalue weighted by atomic mass is 16.7. The molecular formula is C7H13NO3. The molecule has 4 heteroatoms. The molecule has 0 bridgehead atoms. The highest BCUT2D eigenvalue weighted by Crippen LogP contribution is 1.90. The van der Waals surface area contributed by atoms with Gasteiger partial charge < -0.3 is 9.57 Å². The van der Waals surface area contributed by atoms with Crippen molar-refractivity contribution in [2.75, 3.05) is 6.61 Å². The summed E-state index contributed by atoms with van der Waals surface area (Å²) in [5, 5.41) is 3.48. The summed E-state index contributed by atoms with van der Waals surface area (Å²) >= 11 is 0. The first-order chi connectivity index (χ1) is 5.20. The number of nitrogens with zero attached hydrogens (tertiary/aromatic N) is 1. The summed E-state index contributed by atoms with van der Waals surface area (Å²) in [7, 11) is 0. The second-order valence-electron chi connectivity index (χ2n) is 1.85. The Labute approximate surface area is 66.2 Å². The Morgan fingerprint density at radius 1 is 1.45 bits per heavy atom. The summed E-state index contributed by atoms with van der Waals surface area (Å²) in [6.07, 6.45) is 0.626. The molecule has 0 spiro atoms. The quantitative estimate of drug-likeness (QED) is 0.270. The monoisotopic (exact) mass is 159 g/mol. The normalized spacial score (nSPS) is 11.0. The highest BCUT2D eigenvalue weighted by Gasteiger charge is 1.96. The number of hydrogen-bond donors (Lipinski definition) is 0. The van der Waals surface area contributed by atoms with Crippen LogP contribution in [0.25, 0.3) is 0 Å². The minimum absolute atomic E-state index is 0.435. The molecule has 0 saturated heterocycles. The molecule has 0 heterocycles. The molecular weight excluding hydrogens is 146 g/mol. The minimum Gasteiger partial charge on any atom is -0.479 e. The Bertz CT molecular complexity index is 154. The van der Waals surface area contributed by atoms with E-state index in [2.05, 4.69) is 9.99 Å². The van der Waals surface area contributed by atoms with Gasteiger partial charge in [0, 0.05) is 13.3 Å². The van der Waals surface area contributed by atoms with Crippen LogP contribution in [0.5, 0.6) is 0 Å². The zero-order valence-corrected chi connectivity index (χ0v) is 7.09. The van der Waals surface area contributed by atoms with Gasteiger partial charge in [-0.2, -0.15) is 0 Å². The first-order valence-electron chi connectivity index (χ1n) is 3.57. The molecule has 0 unspecified atom stereocenters. The van der Waals surface area contributed by atoms with Gasteiger partial charge in [-0.25, -0.2) is 4.79 Å². The van der Waals surface area contributed by atoms with E-state index in [0.717, 1.165) is 0 Å². The fraction of sp³-hybridized carbons (Fsp3) is 0.714. The first kappa shape index (κ1) is 9.94. The van der Waals surface area contributed by atoms with E-state index in [9.17, 15) is 4.79 Å². The molecule has 0 atom stereocenters. The van der Waals surface area contributed by atoms with E-state index in [4.69, 9.17) is 4.74 Å². The summed E-state index contributed by atoms with van der Waals surface area (Å²) in [6, 6.07) is 0. The molecule has 0 aliphatic heterocycles. The fourth-order valence-electron chi connectivity index (χ4n) is 0.475. The summed E-state index contributed by atoms with van der Waals surface area (Å²) in [5.74, 6) is 0.0124. The van der Waals surface area contributed by atoms with Crippen molar-refractivity contribution in [3.63, 3.8) is 0 Å². The van der Waals surface area contributed by atoms with Crippen LogP contribution in [0.3, 0.4) is 0 Å². The standard InChI is InChI=1S/C7H13NO3/c1-4-7(10-5-2)8-11-6(3)9/h4-5H2,1-3H3. The molecule has 0 amide bonds. The smallest absolute Gasteiger partial charge is 0.332 e. The average molecular weight is 159 g/mol. The van der Waals surface area contributed by atoms with Crippen LogP contribution in [0, 0.1) is 0 Å². The van der Waals surface area contributed by atoms with E-state index in [1.807, 2.05) is 13.8 Å². The Morgan fingerprint density at radius 3 is 2.45 bits per heavy atom. The third-order valence-corrected chi connectivity index (χ3v) is 0.889. The number of rotatable bonds is 3. The summed E-state index contributed by atoms with van der Waals surface area (Å²) in [6.45, 7) is 5.55. The summed E-state index contributed by atoms with van der Waals surface area (Å²) in [5.41, 5.74) is 0. The molecule has 11 heavy (non-hydrogen) atoms. The summed E-state index contributed by atoms with van der Waals surface area (Å²) in [4.78, 5) is 14.7. The van der Waals surface area contributed by atoms with E-state index in [0.29, 0.717) is 18.9 Å². The van der Waals surface area contributed by atoms with Crippen molar-refractivity contribution in [2.45, 2.75) is 27.2 Å². The molecule has 0 saturated carbocycles. The van der Waals surface area contributed by atoms with Gasteiger partial charge in [0.2, 0.25) is 5.90 Å². The molecule has 64 valence electrons. The molecule has 0 aromatic carbocycles. The molecule has 0 aromatic rings. The van der Waals surface area contributed by atoms with Crippen molar-refractivity contribution in [1.29, 1.82) is 0 Å². The van der Waals surface area contributed by atoms with Gasteiger partial charge in [0.25, 0.3) is 0 Å². The van der Waals surface area contributed by atoms with Gasteiger partial charge >= 0.3 is 5.97 Å². The Hall–Kier alpha value is -1.06. The molecule has 0 aliphatic carbocycles. The predicted octanol–water partition coefficient (Wildman–Crippen LogP) is 1.31. The third kappa shape index (κ3) is 5.39. The van der Waals surface area contributed by atoms with Crippen molar-refractivity contribution in [2.24, 2.45) is 5.16 Å². The van der Waals surface area contributed by atoms with Crippen molar-refractivity contribution >= 4 is 11.9 Å². The number of hydrogen-bond acceptors (Lipinski definition) is 4. The minimum atomic E-state index is -0.435. The Balaban J connectivity index is 3.80. The molecule has 0 N–H and O–H groups in total. The largest absolute Gasteiger partial charge is 0.479 e. The number of carbonyl (C=O) groups is 1. The lowest BCUT2D eigenvalue weighted by Crippen LogP contribution is -2.05. The van der Waals surface area contributed by atoms with Crippen molar-refractivity contribution < 1.29 is 14.4 Å². The summed E-state index contributed by atoms with van der Waals surface area (Å²) < 4.78 is 5.01. The molecule has 4 nitrogen and oxygen atoms in total. The van der Waals surface area contributed by atoms with Gasteiger partial charge in [0.05, 0.1) is 6.61 Å². The maximum atomic E-state index is 10.3. The fourth-order valence-corrected chi connectivity index (χ4v) is 0.475. The highest BCUT2D eigenvalue weighted by molar-refractivity contribution is 5.76. The van der Waals surface area contributed by atoms with Crippen LogP contribution >= 0.6 is 0 Å². The Kier molecular flexibility index (Phi) is 5.15. The number of carbonyl (C=O) groups excluding carboxylic acids is 1. The number of ether oxygens (including phenoxy) is 1. The van der Waals surface area contributed by atoms with Gasteiger partial charge in [-0.1, -0.05) is 6.92 Å². The van der Waals surface area contributed by atoms with Gasteiger partial charge in [0.1, 0.15) is 0 Å². The van der Waals surface area contributed by atoms with Crippen LogP contribution in [0.15, 0.2) is 5.16 Å². The van der Waals surface area contributed by atoms with Crippen molar-refractivity contribution in [3.05, 3.63) is 0 Å². The zero-order chi connectivity index (χ0) is 8.69. The van der Waals surface area contributed by atoms with Crippen molar-refractivity contribution in [3.8, 4) is 0 Å². The lowest BCUT2D eigenvalue weighted by Gasteiger charge is -2.01. The predicted molar refractivity (Wildman–Crippen MR) is 41.1 cm³/mol. The Morgan fingerprint density at radius 2 is 2.09 bits per heavy atom. The van der Waals surface area contributed by atoms with E-state index in [-0.39, 0.29) is 0 Å². The van der Waals surface area contributed by atoms with Crippen LogP contribution < -0.4 is 0 Å². The van der Waals surface area contributed by atoms with E-state index >= 15 is 0 Å². The third-order valence-electron chi connectivity index (χ3n) is 0.889. The van der Waals surface area contributed by atoms with Crippen molar-refractivity contribution in [1.82, 2.24) is 0 Å². The second kappa shape index (κ2) is 5.70. The molecule has 0 aliphatic rings. The molecule has 0 fully saturated rings. The van der Waals surface area contributed by atoms with Crippen LogP contribution in [-0.4, -0.2) is 18.5 Å². The van der Waals surface area contributed by atoms with E-state index in [1.165, 1.54) is 6.92 Å². The first-order valence-corrected chi connectivity index (χ1v) is 3.57. The second-order valence-corrected chi connectivity index (χ2v) is 1.85. The van der Waals surface area contributed by atoms with E-state index in [1.54, 1.807) is 0 Å². The lowest BCUT2D eigenvalue weighted by atomic mass is 10.5. The van der Waals surface area contributed by atoms with Crippen LogP contribution in [0.4, 0.5) is 0 Å². The van der Waals surface area contributed by atoms with E-state index < -0.39 is 5.97 Å². The maximum Gasteiger partial charge on any atom is 0.332 e. The molecule has 0 aromatic heterocycles. The SMILES string of the molecule is CCOC(CC)=NOC(C)=O. The van der Waals surface area contributed by atoms with Crippen LogP contribution in [0.1, 0.15) is 27.2 Å². The van der Waals surface area contributed by atoms with Gasteiger partial charge in [-0.15, -0.1) is 0 Å². The average Bonchev–Trinajstić information content (AvgIpc) is 1.97. The van der Waals surface area contributed by atoms with Gasteiger partial charge in [-0.3, -0.25) is 0 Å². The maximum absolute atomic E-state index is 10.3. The number of oxime groups is 1. The molecule has 0 rings (SSSR count). The van der Waals surface area contributed by atoms with Crippen LogP contribution in [0.2, 0.25) is 0 Å². The molecule has 0 radical (unpaired) electrons.